The van der Waals surface area contributed by atoms with Gasteiger partial charge < -0.3 is 16.0 Å². The second kappa shape index (κ2) is 7.11. The zero-order chi connectivity index (χ0) is 13.9. The first-order valence-corrected chi connectivity index (χ1v) is 7.22. The molecule has 5 nitrogen and oxygen atoms in total. The fourth-order valence-corrected chi connectivity index (χ4v) is 2.74. The number of aryl methyl sites for hydroxylation is 1. The number of nitrogens with zero attached hydrogens (tertiary/aromatic N) is 2. The van der Waals surface area contributed by atoms with Crippen LogP contribution in [0.5, 0.6) is 0 Å². The fourth-order valence-electron chi connectivity index (χ4n) is 2.74. The van der Waals surface area contributed by atoms with Crippen LogP contribution in [0.15, 0.2) is 23.2 Å². The molecule has 114 valence electrons. The van der Waals surface area contributed by atoms with Crippen molar-refractivity contribution in [3.8, 4) is 0 Å². The third-order valence-corrected chi connectivity index (χ3v) is 3.79. The Morgan fingerprint density at radius 2 is 2.19 bits per heavy atom. The van der Waals surface area contributed by atoms with Gasteiger partial charge >= 0.3 is 0 Å². The molecule has 6 heteroatoms. The number of hydrogen-bond acceptors (Lipinski definition) is 2. The maximum Gasteiger partial charge on any atom is 0.189 e. The van der Waals surface area contributed by atoms with E-state index in [0.717, 1.165) is 16.9 Å². The predicted octanol–water partition coefficient (Wildman–Crippen LogP) is 2.84. The average Bonchev–Trinajstić information content (AvgIpc) is 3.04. The van der Waals surface area contributed by atoms with Crippen molar-refractivity contribution in [2.24, 2.45) is 10.7 Å². The third kappa shape index (κ3) is 4.09. The number of aliphatic imine (C=N–C) groups is 1. The molecule has 1 aliphatic rings. The number of H-pyrrole nitrogens is 1. The van der Waals surface area contributed by atoms with Crippen LogP contribution in [0.25, 0.3) is 11.0 Å². The van der Waals surface area contributed by atoms with E-state index in [-0.39, 0.29) is 24.0 Å². The summed E-state index contributed by atoms with van der Waals surface area (Å²) >= 11 is 0. The minimum absolute atomic E-state index is 0. The number of aromatic amines is 1. The van der Waals surface area contributed by atoms with Gasteiger partial charge in [-0.15, -0.1) is 24.0 Å². The van der Waals surface area contributed by atoms with Gasteiger partial charge in [0.1, 0.15) is 12.4 Å². The van der Waals surface area contributed by atoms with Crippen molar-refractivity contribution in [1.82, 2.24) is 15.3 Å². The van der Waals surface area contributed by atoms with E-state index in [1.54, 1.807) is 0 Å². The summed E-state index contributed by atoms with van der Waals surface area (Å²) in [5, 5.41) is 3.28. The molecule has 0 spiro atoms. The Hall–Kier alpha value is -1.31. The molecule has 4 N–H and O–H groups in total. The van der Waals surface area contributed by atoms with Gasteiger partial charge in [0, 0.05) is 6.04 Å². The molecule has 0 amide bonds. The number of rotatable bonds is 3. The van der Waals surface area contributed by atoms with Gasteiger partial charge in [-0.1, -0.05) is 18.9 Å². The molecular weight excluding hydrogens is 377 g/mol. The monoisotopic (exact) mass is 399 g/mol. The summed E-state index contributed by atoms with van der Waals surface area (Å²) in [6.45, 7) is 2.56. The molecule has 1 aromatic heterocycles. The molecule has 1 heterocycles. The molecule has 1 aliphatic carbocycles. The first-order chi connectivity index (χ1) is 9.70. The quantitative estimate of drug-likeness (QED) is 0.422. The molecule has 3 rings (SSSR count). The SMILES string of the molecule is Cc1ccc2nc(CN=C(N)NC3CCCC3)[nH]c2c1.I. The molecule has 1 aromatic carbocycles. The van der Waals surface area contributed by atoms with Gasteiger partial charge in [0.15, 0.2) is 5.96 Å². The van der Waals surface area contributed by atoms with Crippen molar-refractivity contribution < 1.29 is 0 Å². The van der Waals surface area contributed by atoms with Crippen LogP contribution < -0.4 is 11.1 Å². The predicted molar refractivity (Wildman–Crippen MR) is 97.0 cm³/mol. The maximum absolute atomic E-state index is 5.92. The lowest BCUT2D eigenvalue weighted by atomic mass is 10.2. The van der Waals surface area contributed by atoms with Crippen LogP contribution in [0.3, 0.4) is 0 Å². The Labute approximate surface area is 141 Å². The lowest BCUT2D eigenvalue weighted by Crippen LogP contribution is -2.38. The maximum atomic E-state index is 5.92. The Morgan fingerprint density at radius 1 is 1.43 bits per heavy atom. The van der Waals surface area contributed by atoms with Crippen molar-refractivity contribution >= 4 is 41.0 Å². The van der Waals surface area contributed by atoms with Gasteiger partial charge in [-0.2, -0.15) is 0 Å². The fraction of sp³-hybridized carbons (Fsp3) is 0.467. The largest absolute Gasteiger partial charge is 0.370 e. The summed E-state index contributed by atoms with van der Waals surface area (Å²) in [5.74, 6) is 1.37. The van der Waals surface area contributed by atoms with E-state index >= 15 is 0 Å². The van der Waals surface area contributed by atoms with Crippen LogP contribution in [0.2, 0.25) is 0 Å². The van der Waals surface area contributed by atoms with E-state index in [0.29, 0.717) is 18.5 Å². The number of imidazole rings is 1. The number of benzene rings is 1. The number of guanidine groups is 1. The van der Waals surface area contributed by atoms with Crippen molar-refractivity contribution in [3.05, 3.63) is 29.6 Å². The van der Waals surface area contributed by atoms with E-state index in [4.69, 9.17) is 5.73 Å². The molecule has 2 aromatic rings. The number of fused-ring (bicyclic) bond motifs is 1. The second-order valence-electron chi connectivity index (χ2n) is 5.53. The highest BCUT2D eigenvalue weighted by atomic mass is 127. The van der Waals surface area contributed by atoms with Gasteiger partial charge in [-0.25, -0.2) is 9.98 Å². The van der Waals surface area contributed by atoms with Crippen LogP contribution in [0.4, 0.5) is 0 Å². The van der Waals surface area contributed by atoms with Crippen LogP contribution in [-0.4, -0.2) is 22.0 Å². The zero-order valence-corrected chi connectivity index (χ0v) is 14.6. The topological polar surface area (TPSA) is 79.1 Å². The highest BCUT2D eigenvalue weighted by Gasteiger charge is 2.14. The normalized spacial score (nSPS) is 16.1. The number of aromatic nitrogens is 2. The van der Waals surface area contributed by atoms with E-state index in [9.17, 15) is 0 Å². The van der Waals surface area contributed by atoms with Crippen molar-refractivity contribution in [3.63, 3.8) is 0 Å². The van der Waals surface area contributed by atoms with Crippen molar-refractivity contribution in [1.29, 1.82) is 0 Å². The molecule has 0 aliphatic heterocycles. The number of halogens is 1. The van der Waals surface area contributed by atoms with E-state index < -0.39 is 0 Å². The Kier molecular flexibility index (Phi) is 5.44. The number of nitrogens with one attached hydrogen (secondary N) is 2. The molecule has 21 heavy (non-hydrogen) atoms. The van der Waals surface area contributed by atoms with Crippen LogP contribution in [0.1, 0.15) is 37.1 Å². The summed E-state index contributed by atoms with van der Waals surface area (Å²) in [5.41, 5.74) is 9.17. The number of nitrogens with two attached hydrogens (primary N) is 1. The Morgan fingerprint density at radius 3 is 2.95 bits per heavy atom. The van der Waals surface area contributed by atoms with Gasteiger partial charge in [-0.3, -0.25) is 0 Å². The zero-order valence-electron chi connectivity index (χ0n) is 12.2. The van der Waals surface area contributed by atoms with Crippen LogP contribution in [0, 0.1) is 6.92 Å². The Balaban J connectivity index is 0.00000161. The molecule has 1 fully saturated rings. The minimum Gasteiger partial charge on any atom is -0.370 e. The van der Waals surface area contributed by atoms with Crippen molar-refractivity contribution in [2.75, 3.05) is 0 Å². The third-order valence-electron chi connectivity index (χ3n) is 3.79. The standard InChI is InChI=1S/C15H21N5.HI/c1-10-6-7-12-13(8-10)20-14(19-12)9-17-15(16)18-11-4-2-3-5-11;/h6-8,11H,2-5,9H2,1H3,(H,19,20)(H3,16,17,18);1H. The van der Waals surface area contributed by atoms with Gasteiger partial charge in [0.2, 0.25) is 0 Å². The molecule has 0 atom stereocenters. The highest BCUT2D eigenvalue weighted by molar-refractivity contribution is 14.0. The lowest BCUT2D eigenvalue weighted by molar-refractivity contribution is 0.625. The molecule has 0 unspecified atom stereocenters. The molecule has 0 saturated heterocycles. The summed E-state index contributed by atoms with van der Waals surface area (Å²) in [6.07, 6.45) is 4.96. The summed E-state index contributed by atoms with van der Waals surface area (Å²) in [7, 11) is 0. The van der Waals surface area contributed by atoms with Gasteiger partial charge in [0.05, 0.1) is 11.0 Å². The Bertz CT molecular complexity index is 628. The van der Waals surface area contributed by atoms with Gasteiger partial charge in [-0.05, 0) is 37.5 Å². The first kappa shape index (κ1) is 16.1. The first-order valence-electron chi connectivity index (χ1n) is 7.22. The minimum atomic E-state index is 0. The smallest absolute Gasteiger partial charge is 0.189 e. The van der Waals surface area contributed by atoms with Crippen molar-refractivity contribution in [2.45, 2.75) is 45.2 Å². The second-order valence-corrected chi connectivity index (χ2v) is 5.53. The van der Waals surface area contributed by atoms with Gasteiger partial charge in [0.25, 0.3) is 0 Å². The summed E-state index contributed by atoms with van der Waals surface area (Å²) < 4.78 is 0. The number of hydrogen-bond donors (Lipinski definition) is 3. The average molecular weight is 399 g/mol. The highest BCUT2D eigenvalue weighted by Crippen LogP contribution is 2.17. The van der Waals surface area contributed by atoms with Crippen LogP contribution >= 0.6 is 24.0 Å². The summed E-state index contributed by atoms with van der Waals surface area (Å²) in [4.78, 5) is 12.2. The molecule has 0 radical (unpaired) electrons. The van der Waals surface area contributed by atoms with E-state index in [2.05, 4.69) is 39.3 Å². The lowest BCUT2D eigenvalue weighted by Gasteiger charge is -2.11. The molecular formula is C15H22IN5. The van der Waals surface area contributed by atoms with E-state index in [1.165, 1.54) is 31.2 Å². The summed E-state index contributed by atoms with van der Waals surface area (Å²) in [6, 6.07) is 6.67. The molecule has 1 saturated carbocycles. The molecule has 0 bridgehead atoms. The van der Waals surface area contributed by atoms with Crippen LogP contribution in [-0.2, 0) is 6.54 Å². The van der Waals surface area contributed by atoms with E-state index in [1.807, 2.05) is 6.07 Å².